The summed E-state index contributed by atoms with van der Waals surface area (Å²) < 4.78 is 0. The number of nitrogens with one attached hydrogen (secondary N) is 3. The molecule has 0 fully saturated rings. The summed E-state index contributed by atoms with van der Waals surface area (Å²) in [6.45, 7) is 2.34. The number of aromatic nitrogens is 2. The fourth-order valence-electron chi connectivity index (χ4n) is 0.971. The summed E-state index contributed by atoms with van der Waals surface area (Å²) in [6.07, 6.45) is 1.26. The molecule has 1 heterocycles. The Kier molecular flexibility index (Phi) is 3.67. The first-order valence-electron chi connectivity index (χ1n) is 4.42. The first-order valence-corrected chi connectivity index (χ1v) is 4.42. The van der Waals surface area contributed by atoms with Gasteiger partial charge in [0.25, 0.3) is 5.56 Å². The lowest BCUT2D eigenvalue weighted by atomic mass is 10.4. The lowest BCUT2D eigenvalue weighted by Gasteiger charge is -2.06. The molecule has 0 aliphatic heterocycles. The number of anilines is 2. The van der Waals surface area contributed by atoms with Crippen LogP contribution < -0.4 is 21.9 Å². The van der Waals surface area contributed by atoms with Crippen molar-refractivity contribution < 1.29 is 4.79 Å². The summed E-state index contributed by atoms with van der Waals surface area (Å²) in [5.41, 5.74) is 5.13. The number of carbonyl (C=O) groups excluding carboxylic acids is 1. The van der Waals surface area contributed by atoms with E-state index in [0.29, 0.717) is 18.9 Å². The van der Waals surface area contributed by atoms with Gasteiger partial charge in [0.2, 0.25) is 5.91 Å². The van der Waals surface area contributed by atoms with Crippen LogP contribution in [0.25, 0.3) is 0 Å². The van der Waals surface area contributed by atoms with Gasteiger partial charge >= 0.3 is 0 Å². The van der Waals surface area contributed by atoms with Gasteiger partial charge in [-0.05, 0) is 0 Å². The lowest BCUT2D eigenvalue weighted by molar-refractivity contribution is -0.118. The predicted octanol–water partition coefficient (Wildman–Crippen LogP) is -1.10. The third-order valence-electron chi connectivity index (χ3n) is 1.68. The van der Waals surface area contributed by atoms with Crippen LogP contribution >= 0.6 is 0 Å². The second-order valence-electron chi connectivity index (χ2n) is 2.90. The topological polar surface area (TPSA) is 113 Å². The van der Waals surface area contributed by atoms with E-state index in [2.05, 4.69) is 20.6 Å². The highest BCUT2D eigenvalue weighted by Gasteiger charge is 2.02. The van der Waals surface area contributed by atoms with Gasteiger partial charge in [0.15, 0.2) is 5.82 Å². The first-order chi connectivity index (χ1) is 7.11. The number of hydrogen-bond donors (Lipinski definition) is 4. The summed E-state index contributed by atoms with van der Waals surface area (Å²) in [6, 6.07) is 0. The molecule has 1 amide bonds. The van der Waals surface area contributed by atoms with Crippen LogP contribution in [0.3, 0.4) is 0 Å². The third-order valence-corrected chi connectivity index (χ3v) is 1.68. The molecule has 0 unspecified atom stereocenters. The second kappa shape index (κ2) is 4.99. The zero-order valence-electron chi connectivity index (χ0n) is 8.33. The number of nitrogens with zero attached hydrogens (tertiary/aromatic N) is 1. The molecule has 0 bridgehead atoms. The summed E-state index contributed by atoms with van der Waals surface area (Å²) >= 11 is 0. The summed E-state index contributed by atoms with van der Waals surface area (Å²) in [7, 11) is 0. The SMILES string of the molecule is CC(=O)NCCNc1nc[nH]c(=O)c1N. The first kappa shape index (κ1) is 11.0. The van der Waals surface area contributed by atoms with E-state index in [1.165, 1.54) is 13.3 Å². The normalized spacial score (nSPS) is 9.67. The minimum Gasteiger partial charge on any atom is -0.391 e. The minimum atomic E-state index is -0.382. The van der Waals surface area contributed by atoms with Gasteiger partial charge in [0.1, 0.15) is 5.69 Å². The van der Waals surface area contributed by atoms with Crippen molar-refractivity contribution in [3.8, 4) is 0 Å². The number of H-pyrrole nitrogens is 1. The largest absolute Gasteiger partial charge is 0.391 e. The Balaban J connectivity index is 2.48. The van der Waals surface area contributed by atoms with Crippen molar-refractivity contribution in [1.82, 2.24) is 15.3 Å². The number of rotatable bonds is 4. The summed E-state index contributed by atoms with van der Waals surface area (Å²) in [5.74, 6) is 0.216. The summed E-state index contributed by atoms with van der Waals surface area (Å²) in [5, 5.41) is 5.43. The van der Waals surface area contributed by atoms with E-state index >= 15 is 0 Å². The van der Waals surface area contributed by atoms with E-state index in [-0.39, 0.29) is 17.2 Å². The maximum atomic E-state index is 11.1. The molecule has 0 aliphatic carbocycles. The van der Waals surface area contributed by atoms with Gasteiger partial charge in [0.05, 0.1) is 6.33 Å². The average molecular weight is 211 g/mol. The van der Waals surface area contributed by atoms with E-state index in [9.17, 15) is 9.59 Å². The number of nitrogens with two attached hydrogens (primary N) is 1. The zero-order chi connectivity index (χ0) is 11.3. The molecule has 0 radical (unpaired) electrons. The predicted molar refractivity (Wildman–Crippen MR) is 56.4 cm³/mol. The van der Waals surface area contributed by atoms with Crippen molar-refractivity contribution in [3.05, 3.63) is 16.7 Å². The molecule has 0 aromatic carbocycles. The standard InChI is InChI=1S/C8H13N5O2/c1-5(14)10-2-3-11-7-6(9)8(15)13-4-12-7/h4H,2-3,9H2,1H3,(H,10,14)(H2,11,12,13,15). The Bertz CT molecular complexity index is 400. The van der Waals surface area contributed by atoms with Crippen LogP contribution in [-0.2, 0) is 4.79 Å². The van der Waals surface area contributed by atoms with Gasteiger partial charge in [0, 0.05) is 20.0 Å². The quantitative estimate of drug-likeness (QED) is 0.472. The van der Waals surface area contributed by atoms with Crippen LogP contribution in [0.15, 0.2) is 11.1 Å². The lowest BCUT2D eigenvalue weighted by Crippen LogP contribution is -2.27. The Morgan fingerprint density at radius 1 is 1.60 bits per heavy atom. The molecule has 5 N–H and O–H groups in total. The van der Waals surface area contributed by atoms with Crippen molar-refractivity contribution in [2.24, 2.45) is 0 Å². The number of aromatic amines is 1. The Morgan fingerprint density at radius 3 is 3.00 bits per heavy atom. The van der Waals surface area contributed by atoms with E-state index in [1.54, 1.807) is 0 Å². The van der Waals surface area contributed by atoms with Gasteiger partial charge in [-0.15, -0.1) is 0 Å². The van der Waals surface area contributed by atoms with Crippen LogP contribution in [0.2, 0.25) is 0 Å². The molecule has 0 saturated carbocycles. The van der Waals surface area contributed by atoms with E-state index in [1.807, 2.05) is 0 Å². The molecule has 0 spiro atoms. The van der Waals surface area contributed by atoms with E-state index in [4.69, 9.17) is 5.73 Å². The molecule has 15 heavy (non-hydrogen) atoms. The highest BCUT2D eigenvalue weighted by atomic mass is 16.1. The van der Waals surface area contributed by atoms with Crippen molar-refractivity contribution in [1.29, 1.82) is 0 Å². The van der Waals surface area contributed by atoms with Gasteiger partial charge in [-0.3, -0.25) is 9.59 Å². The Labute approximate surface area is 86.1 Å². The van der Waals surface area contributed by atoms with Crippen molar-refractivity contribution in [2.45, 2.75) is 6.92 Å². The molecule has 7 heteroatoms. The highest BCUT2D eigenvalue weighted by Crippen LogP contribution is 2.05. The monoisotopic (exact) mass is 211 g/mol. The summed E-state index contributed by atoms with van der Waals surface area (Å²) in [4.78, 5) is 27.8. The molecule has 82 valence electrons. The molecule has 1 aromatic rings. The van der Waals surface area contributed by atoms with E-state index in [0.717, 1.165) is 0 Å². The average Bonchev–Trinajstić information content (AvgIpc) is 2.18. The molecular weight excluding hydrogens is 198 g/mol. The van der Waals surface area contributed by atoms with Crippen LogP contribution in [0.1, 0.15) is 6.92 Å². The van der Waals surface area contributed by atoms with Crippen molar-refractivity contribution >= 4 is 17.4 Å². The number of carbonyl (C=O) groups is 1. The fraction of sp³-hybridized carbons (Fsp3) is 0.375. The molecule has 0 saturated heterocycles. The van der Waals surface area contributed by atoms with Crippen molar-refractivity contribution in [2.75, 3.05) is 24.1 Å². The van der Waals surface area contributed by atoms with Gasteiger partial charge in [-0.25, -0.2) is 4.98 Å². The zero-order valence-corrected chi connectivity index (χ0v) is 8.33. The third kappa shape index (κ3) is 3.29. The maximum Gasteiger partial charge on any atom is 0.276 e. The number of hydrogen-bond acceptors (Lipinski definition) is 5. The molecule has 0 atom stereocenters. The maximum absolute atomic E-state index is 11.1. The Hall–Kier alpha value is -2.05. The number of nitrogen functional groups attached to an aromatic ring is 1. The number of amides is 1. The molecular formula is C8H13N5O2. The molecule has 0 aliphatic rings. The fourth-order valence-corrected chi connectivity index (χ4v) is 0.971. The minimum absolute atomic E-state index is 0.0420. The van der Waals surface area contributed by atoms with Gasteiger partial charge < -0.3 is 21.4 Å². The van der Waals surface area contributed by atoms with Crippen molar-refractivity contribution in [3.63, 3.8) is 0 Å². The van der Waals surface area contributed by atoms with Crippen LogP contribution in [0, 0.1) is 0 Å². The van der Waals surface area contributed by atoms with Crippen LogP contribution in [-0.4, -0.2) is 29.0 Å². The molecule has 7 nitrogen and oxygen atoms in total. The van der Waals surface area contributed by atoms with Gasteiger partial charge in [-0.2, -0.15) is 0 Å². The molecule has 1 aromatic heterocycles. The molecule has 1 rings (SSSR count). The Morgan fingerprint density at radius 2 is 2.33 bits per heavy atom. The van der Waals surface area contributed by atoms with E-state index < -0.39 is 0 Å². The van der Waals surface area contributed by atoms with Gasteiger partial charge in [-0.1, -0.05) is 0 Å². The smallest absolute Gasteiger partial charge is 0.276 e. The van der Waals surface area contributed by atoms with Crippen LogP contribution in [0.5, 0.6) is 0 Å². The highest BCUT2D eigenvalue weighted by molar-refractivity contribution is 5.72. The second-order valence-corrected chi connectivity index (χ2v) is 2.90. The van der Waals surface area contributed by atoms with Crippen LogP contribution in [0.4, 0.5) is 11.5 Å².